The van der Waals surface area contributed by atoms with Crippen molar-refractivity contribution in [2.45, 2.75) is 37.5 Å². The van der Waals surface area contributed by atoms with E-state index in [1.165, 1.54) is 32.1 Å². The lowest BCUT2D eigenvalue weighted by atomic mass is 9.98. The van der Waals surface area contributed by atoms with Crippen LogP contribution in [0.25, 0.3) is 11.1 Å². The van der Waals surface area contributed by atoms with Crippen LogP contribution in [0.1, 0.15) is 37.8 Å². The number of rotatable bonds is 7. The summed E-state index contributed by atoms with van der Waals surface area (Å²) in [5.74, 6) is 0.385. The van der Waals surface area contributed by atoms with E-state index < -0.39 is 12.1 Å². The van der Waals surface area contributed by atoms with Crippen LogP contribution in [0.2, 0.25) is 0 Å². The number of ether oxygens (including phenoxy) is 1. The largest absolute Gasteiger partial charge is 0.448 e. The molecule has 5 nitrogen and oxygen atoms in total. The van der Waals surface area contributed by atoms with Gasteiger partial charge >= 0.3 is 6.09 Å². The Kier molecular flexibility index (Phi) is 7.83. The Bertz CT molecular complexity index is 926. The van der Waals surface area contributed by atoms with Gasteiger partial charge in [0.1, 0.15) is 12.6 Å². The van der Waals surface area contributed by atoms with Crippen LogP contribution < -0.4 is 0 Å². The summed E-state index contributed by atoms with van der Waals surface area (Å²) in [6.07, 6.45) is -0.478. The summed E-state index contributed by atoms with van der Waals surface area (Å²) in [5, 5.41) is 0. The molecule has 0 bridgehead atoms. The summed E-state index contributed by atoms with van der Waals surface area (Å²) in [6, 6.07) is 15.9. The van der Waals surface area contributed by atoms with Crippen molar-refractivity contribution in [2.24, 2.45) is 0 Å². The van der Waals surface area contributed by atoms with Crippen LogP contribution in [0.4, 0.5) is 4.79 Å². The van der Waals surface area contributed by atoms with Crippen molar-refractivity contribution in [3.63, 3.8) is 0 Å². The number of likely N-dealkylation sites (N-methyl/N-ethyl adjacent to an activating group) is 2. The van der Waals surface area contributed by atoms with Gasteiger partial charge in [-0.1, -0.05) is 90.9 Å². The first kappa shape index (κ1) is 24.5. The van der Waals surface area contributed by atoms with Gasteiger partial charge in [-0.15, -0.1) is 0 Å². The van der Waals surface area contributed by atoms with E-state index in [0.717, 1.165) is 0 Å². The minimum atomic E-state index is -0.583. The fraction of sp³-hybridized carbons (Fsp3) is 0.440. The quantitative estimate of drug-likeness (QED) is 0.498. The number of nitrogens with zero attached hydrogens (tertiary/aromatic N) is 2. The molecule has 0 spiro atoms. The third kappa shape index (κ3) is 5.62. The number of carbonyl (C=O) groups excluding carboxylic acids is 2. The van der Waals surface area contributed by atoms with Crippen LogP contribution >= 0.6 is 21.6 Å². The van der Waals surface area contributed by atoms with Crippen LogP contribution in [0.5, 0.6) is 0 Å². The topological polar surface area (TPSA) is 49.9 Å². The molecule has 32 heavy (non-hydrogen) atoms. The maximum absolute atomic E-state index is 13.0. The number of benzene rings is 2. The molecule has 0 fully saturated rings. The number of fused-ring (bicyclic) bond motifs is 3. The molecule has 2 aromatic carbocycles. The zero-order valence-corrected chi connectivity index (χ0v) is 21.3. The second-order valence-electron chi connectivity index (χ2n) is 9.14. The van der Waals surface area contributed by atoms with Crippen molar-refractivity contribution < 1.29 is 14.3 Å². The molecular weight excluding hydrogens is 440 g/mol. The standard InChI is InChI=1S/C25H32N2O3S2/c1-25(2,3)32-31-16-22(23(28)26(4)5)27(6)24(29)30-15-21-19-13-9-7-11-17(19)18-12-8-10-14-20(18)21/h7-14,21-22H,15-16H2,1-6H3/t22-/m0/s1. The Morgan fingerprint density at radius 2 is 1.50 bits per heavy atom. The van der Waals surface area contributed by atoms with Crippen LogP contribution in [0, 0.1) is 0 Å². The highest BCUT2D eigenvalue weighted by Gasteiger charge is 2.33. The molecule has 7 heteroatoms. The Balaban J connectivity index is 1.70. The highest BCUT2D eigenvalue weighted by Crippen LogP contribution is 2.44. The molecule has 0 saturated heterocycles. The number of hydrogen-bond acceptors (Lipinski definition) is 5. The molecule has 0 unspecified atom stereocenters. The molecule has 0 aliphatic heterocycles. The Hall–Kier alpha value is -2.12. The van der Waals surface area contributed by atoms with E-state index in [0.29, 0.717) is 5.75 Å². The summed E-state index contributed by atoms with van der Waals surface area (Å²) >= 11 is 0. The normalized spacial score (nSPS) is 13.8. The fourth-order valence-electron chi connectivity index (χ4n) is 3.75. The zero-order valence-electron chi connectivity index (χ0n) is 19.6. The second kappa shape index (κ2) is 10.2. The third-order valence-electron chi connectivity index (χ3n) is 5.35. The molecule has 0 N–H and O–H groups in total. The van der Waals surface area contributed by atoms with Crippen molar-refractivity contribution >= 4 is 33.6 Å². The van der Waals surface area contributed by atoms with Crippen LogP contribution in [0.3, 0.4) is 0 Å². The minimum Gasteiger partial charge on any atom is -0.448 e. The molecule has 0 heterocycles. The maximum atomic E-state index is 13.0. The molecule has 1 aliphatic carbocycles. The molecule has 1 atom stereocenters. The van der Waals surface area contributed by atoms with Gasteiger partial charge in [-0.25, -0.2) is 4.79 Å². The number of carbonyl (C=O) groups is 2. The van der Waals surface area contributed by atoms with E-state index in [-0.39, 0.29) is 23.2 Å². The first-order valence-electron chi connectivity index (χ1n) is 10.7. The van der Waals surface area contributed by atoms with Crippen molar-refractivity contribution in [3.8, 4) is 11.1 Å². The monoisotopic (exact) mass is 472 g/mol. The number of amides is 2. The highest BCUT2D eigenvalue weighted by atomic mass is 33.1. The number of hydrogen-bond donors (Lipinski definition) is 0. The summed E-state index contributed by atoms with van der Waals surface area (Å²) in [6.45, 7) is 6.62. The Labute approximate surface area is 199 Å². The molecule has 172 valence electrons. The summed E-state index contributed by atoms with van der Waals surface area (Å²) < 4.78 is 5.83. The zero-order chi connectivity index (χ0) is 23.5. The van der Waals surface area contributed by atoms with Crippen LogP contribution in [-0.4, -0.2) is 66.1 Å². The lowest BCUT2D eigenvalue weighted by Gasteiger charge is -2.29. The first-order valence-corrected chi connectivity index (χ1v) is 13.0. The van der Waals surface area contributed by atoms with E-state index >= 15 is 0 Å². The fourth-order valence-corrected chi connectivity index (χ4v) is 6.31. The predicted molar refractivity (Wildman–Crippen MR) is 135 cm³/mol. The summed E-state index contributed by atoms with van der Waals surface area (Å²) in [5.41, 5.74) is 4.71. The Morgan fingerprint density at radius 1 is 0.969 bits per heavy atom. The smallest absolute Gasteiger partial charge is 0.410 e. The lowest BCUT2D eigenvalue weighted by Crippen LogP contribution is -2.49. The molecule has 0 aromatic heterocycles. The summed E-state index contributed by atoms with van der Waals surface area (Å²) in [4.78, 5) is 28.7. The molecule has 3 rings (SSSR count). The van der Waals surface area contributed by atoms with E-state index in [1.807, 2.05) is 24.3 Å². The molecule has 1 aliphatic rings. The van der Waals surface area contributed by atoms with E-state index in [9.17, 15) is 9.59 Å². The van der Waals surface area contributed by atoms with Crippen molar-refractivity contribution in [1.82, 2.24) is 9.80 Å². The first-order chi connectivity index (χ1) is 15.1. The second-order valence-corrected chi connectivity index (χ2v) is 12.3. The molecule has 2 amide bonds. The van der Waals surface area contributed by atoms with E-state index in [4.69, 9.17) is 4.74 Å². The SMILES string of the molecule is CN(C)C(=O)[C@H](CSSC(C)(C)C)N(C)C(=O)OCC1c2ccccc2-c2ccccc21. The van der Waals surface area contributed by atoms with Gasteiger partial charge in [-0.2, -0.15) is 0 Å². The van der Waals surface area contributed by atoms with Crippen molar-refractivity contribution in [1.29, 1.82) is 0 Å². The average Bonchev–Trinajstić information content (AvgIpc) is 3.07. The van der Waals surface area contributed by atoms with E-state index in [2.05, 4.69) is 45.0 Å². The van der Waals surface area contributed by atoms with Crippen molar-refractivity contribution in [2.75, 3.05) is 33.5 Å². The van der Waals surface area contributed by atoms with Crippen molar-refractivity contribution in [3.05, 3.63) is 59.7 Å². The van der Waals surface area contributed by atoms with Crippen LogP contribution in [0.15, 0.2) is 48.5 Å². The molecule has 0 radical (unpaired) electrons. The maximum Gasteiger partial charge on any atom is 0.410 e. The van der Waals surface area contributed by atoms with Crippen LogP contribution in [-0.2, 0) is 9.53 Å². The van der Waals surface area contributed by atoms with Gasteiger partial charge in [0.25, 0.3) is 0 Å². The molecule has 2 aromatic rings. The van der Waals surface area contributed by atoms with Gasteiger partial charge in [-0.3, -0.25) is 9.69 Å². The van der Waals surface area contributed by atoms with Gasteiger partial charge in [0.2, 0.25) is 5.91 Å². The van der Waals surface area contributed by atoms with Gasteiger partial charge in [0.15, 0.2) is 0 Å². The lowest BCUT2D eigenvalue weighted by molar-refractivity contribution is -0.132. The third-order valence-corrected chi connectivity index (χ3v) is 8.68. The predicted octanol–water partition coefficient (Wildman–Crippen LogP) is 5.50. The van der Waals surface area contributed by atoms with Gasteiger partial charge < -0.3 is 9.64 Å². The van der Waals surface area contributed by atoms with E-state index in [1.54, 1.807) is 42.7 Å². The highest BCUT2D eigenvalue weighted by molar-refractivity contribution is 8.77. The van der Waals surface area contributed by atoms with Gasteiger partial charge in [0.05, 0.1) is 0 Å². The summed E-state index contributed by atoms with van der Waals surface area (Å²) in [7, 11) is 8.38. The van der Waals surface area contributed by atoms with Gasteiger partial charge in [-0.05, 0) is 22.3 Å². The minimum absolute atomic E-state index is 0.00595. The average molecular weight is 473 g/mol. The van der Waals surface area contributed by atoms with Gasteiger partial charge in [0, 0.05) is 37.6 Å². The molecule has 0 saturated carbocycles. The Morgan fingerprint density at radius 3 is 2.00 bits per heavy atom. The molecular formula is C25H32N2O3S2.